The van der Waals surface area contributed by atoms with Gasteiger partial charge in [0.25, 0.3) is 11.8 Å². The predicted octanol–water partition coefficient (Wildman–Crippen LogP) is 0.465. The molecule has 8 heteroatoms. The first kappa shape index (κ1) is 20.2. The SMILES string of the molecule is Cc1cc(C#Cc2ccc(C(=O)N[C@H](C(=O)NO)[C@@H](C)O)cc2)oc1CO. The van der Waals surface area contributed by atoms with Crippen LogP contribution in [0.4, 0.5) is 0 Å². The summed E-state index contributed by atoms with van der Waals surface area (Å²) in [5.74, 6) is 5.10. The highest BCUT2D eigenvalue weighted by molar-refractivity contribution is 5.97. The molecule has 0 bridgehead atoms. The Morgan fingerprint density at radius 3 is 2.41 bits per heavy atom. The number of furan rings is 1. The molecule has 0 spiro atoms. The highest BCUT2D eigenvalue weighted by Crippen LogP contribution is 2.13. The van der Waals surface area contributed by atoms with Crippen molar-refractivity contribution < 1.29 is 29.4 Å². The number of hydrogen-bond acceptors (Lipinski definition) is 6. The fourth-order valence-corrected chi connectivity index (χ4v) is 2.28. The van der Waals surface area contributed by atoms with Gasteiger partial charge < -0.3 is 19.9 Å². The zero-order valence-electron chi connectivity index (χ0n) is 14.8. The smallest absolute Gasteiger partial charge is 0.268 e. The van der Waals surface area contributed by atoms with Gasteiger partial charge in [-0.2, -0.15) is 0 Å². The molecule has 27 heavy (non-hydrogen) atoms. The van der Waals surface area contributed by atoms with E-state index in [1.807, 2.05) is 6.92 Å². The highest BCUT2D eigenvalue weighted by Gasteiger charge is 2.25. The van der Waals surface area contributed by atoms with Crippen LogP contribution in [0.25, 0.3) is 0 Å². The molecule has 5 N–H and O–H groups in total. The summed E-state index contributed by atoms with van der Waals surface area (Å²) in [6.07, 6.45) is -1.19. The molecule has 2 atom stereocenters. The lowest BCUT2D eigenvalue weighted by Crippen LogP contribution is -2.51. The second kappa shape index (κ2) is 9.00. The molecule has 1 aromatic heterocycles. The standard InChI is InChI=1S/C19H20N2O6/c1-11-9-15(27-16(11)10-22)8-5-13-3-6-14(7-4-13)18(24)20-17(12(2)23)19(25)21-26/h3-4,6-7,9,12,17,22-23,26H,10H2,1-2H3,(H,20,24)(H,21,25)/t12-,17+/m1/s1. The lowest BCUT2D eigenvalue weighted by Gasteiger charge is -2.19. The maximum Gasteiger partial charge on any atom is 0.268 e. The van der Waals surface area contributed by atoms with Gasteiger partial charge >= 0.3 is 0 Å². The molecule has 0 saturated heterocycles. The average Bonchev–Trinajstić information content (AvgIpc) is 3.03. The number of carbonyl (C=O) groups is 2. The molecule has 1 aromatic carbocycles. The normalized spacial score (nSPS) is 12.5. The van der Waals surface area contributed by atoms with E-state index in [4.69, 9.17) is 14.7 Å². The highest BCUT2D eigenvalue weighted by atomic mass is 16.5. The lowest BCUT2D eigenvalue weighted by atomic mass is 10.1. The number of hydroxylamine groups is 1. The Labute approximate surface area is 155 Å². The number of aliphatic hydroxyl groups is 2. The summed E-state index contributed by atoms with van der Waals surface area (Å²) in [4.78, 5) is 23.6. The molecule has 142 valence electrons. The van der Waals surface area contributed by atoms with Crippen molar-refractivity contribution in [2.24, 2.45) is 0 Å². The molecule has 0 aliphatic carbocycles. The minimum Gasteiger partial charge on any atom is -0.450 e. The van der Waals surface area contributed by atoms with E-state index in [9.17, 15) is 14.7 Å². The number of amides is 2. The second-order valence-corrected chi connectivity index (χ2v) is 5.87. The largest absolute Gasteiger partial charge is 0.450 e. The fraction of sp³-hybridized carbons (Fsp3) is 0.263. The zero-order chi connectivity index (χ0) is 20.0. The van der Waals surface area contributed by atoms with Gasteiger partial charge in [-0.3, -0.25) is 14.8 Å². The Balaban J connectivity index is 2.09. The van der Waals surface area contributed by atoms with E-state index in [2.05, 4.69) is 17.2 Å². The van der Waals surface area contributed by atoms with Crippen molar-refractivity contribution in [3.05, 3.63) is 58.5 Å². The van der Waals surface area contributed by atoms with Gasteiger partial charge in [-0.05, 0) is 55.7 Å². The van der Waals surface area contributed by atoms with Crippen LogP contribution in [-0.2, 0) is 11.4 Å². The molecule has 2 rings (SSSR count). The van der Waals surface area contributed by atoms with Crippen LogP contribution in [0.15, 0.2) is 34.7 Å². The summed E-state index contributed by atoms with van der Waals surface area (Å²) in [6.45, 7) is 2.93. The molecule has 8 nitrogen and oxygen atoms in total. The molecule has 0 fully saturated rings. The summed E-state index contributed by atoms with van der Waals surface area (Å²) in [7, 11) is 0. The van der Waals surface area contributed by atoms with E-state index in [0.717, 1.165) is 5.56 Å². The fourth-order valence-electron chi connectivity index (χ4n) is 2.28. The van der Waals surface area contributed by atoms with E-state index < -0.39 is 24.0 Å². The van der Waals surface area contributed by atoms with Crippen LogP contribution >= 0.6 is 0 Å². The zero-order valence-corrected chi connectivity index (χ0v) is 14.8. The first-order valence-electron chi connectivity index (χ1n) is 8.10. The number of aryl methyl sites for hydroxylation is 1. The molecule has 1 heterocycles. The summed E-state index contributed by atoms with van der Waals surface area (Å²) < 4.78 is 5.38. The number of rotatable bonds is 5. The first-order chi connectivity index (χ1) is 12.8. The number of aliphatic hydroxyl groups excluding tert-OH is 2. The summed E-state index contributed by atoms with van der Waals surface area (Å²) in [5, 5.41) is 29.7. The third kappa shape index (κ3) is 5.18. The molecule has 0 radical (unpaired) electrons. The topological polar surface area (TPSA) is 132 Å². The van der Waals surface area contributed by atoms with Crippen LogP contribution in [0.3, 0.4) is 0 Å². The molecule has 2 aromatic rings. The summed E-state index contributed by atoms with van der Waals surface area (Å²) in [6, 6.07) is 6.71. The number of benzene rings is 1. The van der Waals surface area contributed by atoms with Crippen LogP contribution < -0.4 is 10.8 Å². The monoisotopic (exact) mass is 372 g/mol. The van der Waals surface area contributed by atoms with Gasteiger partial charge in [0.2, 0.25) is 0 Å². The molecule has 0 aliphatic rings. The lowest BCUT2D eigenvalue weighted by molar-refractivity contribution is -0.133. The molecule has 0 aliphatic heterocycles. The van der Waals surface area contributed by atoms with Crippen LogP contribution in [-0.4, -0.2) is 39.4 Å². The number of nitrogens with one attached hydrogen (secondary N) is 2. The molecular formula is C19H20N2O6. The molecule has 0 unspecified atom stereocenters. The van der Waals surface area contributed by atoms with Crippen molar-refractivity contribution in [3.8, 4) is 11.8 Å². The Kier molecular flexibility index (Phi) is 6.73. The van der Waals surface area contributed by atoms with Crippen molar-refractivity contribution in [2.45, 2.75) is 32.6 Å². The van der Waals surface area contributed by atoms with Crippen molar-refractivity contribution in [2.75, 3.05) is 0 Å². The summed E-state index contributed by atoms with van der Waals surface area (Å²) >= 11 is 0. The average molecular weight is 372 g/mol. The maximum absolute atomic E-state index is 12.2. The first-order valence-corrected chi connectivity index (χ1v) is 8.10. The minimum atomic E-state index is -1.29. The third-order valence-electron chi connectivity index (χ3n) is 3.80. The van der Waals surface area contributed by atoms with Gasteiger partial charge in [0.15, 0.2) is 5.76 Å². The van der Waals surface area contributed by atoms with E-state index in [1.165, 1.54) is 24.5 Å². The van der Waals surface area contributed by atoms with Gasteiger partial charge in [0, 0.05) is 11.1 Å². The van der Waals surface area contributed by atoms with E-state index in [-0.39, 0.29) is 12.2 Å². The van der Waals surface area contributed by atoms with Gasteiger partial charge in [0.05, 0.1) is 6.10 Å². The van der Waals surface area contributed by atoms with Crippen LogP contribution in [0.5, 0.6) is 0 Å². The van der Waals surface area contributed by atoms with E-state index in [1.54, 1.807) is 18.2 Å². The van der Waals surface area contributed by atoms with Gasteiger partial charge in [-0.1, -0.05) is 5.92 Å². The quantitative estimate of drug-likeness (QED) is 0.294. The predicted molar refractivity (Wildman–Crippen MR) is 94.7 cm³/mol. The second-order valence-electron chi connectivity index (χ2n) is 5.87. The molecule has 0 saturated carbocycles. The molecular weight excluding hydrogens is 352 g/mol. The van der Waals surface area contributed by atoms with Gasteiger partial charge in [-0.25, -0.2) is 5.48 Å². The Hall–Kier alpha value is -3.12. The van der Waals surface area contributed by atoms with Crippen molar-refractivity contribution in [3.63, 3.8) is 0 Å². The summed E-state index contributed by atoms with van der Waals surface area (Å²) in [5.41, 5.74) is 3.10. The van der Waals surface area contributed by atoms with Gasteiger partial charge in [0.1, 0.15) is 18.4 Å². The van der Waals surface area contributed by atoms with Crippen molar-refractivity contribution in [1.29, 1.82) is 0 Å². The third-order valence-corrected chi connectivity index (χ3v) is 3.80. The Morgan fingerprint density at radius 2 is 1.89 bits per heavy atom. The Bertz CT molecular complexity index is 874. The Morgan fingerprint density at radius 1 is 1.22 bits per heavy atom. The minimum absolute atomic E-state index is 0.195. The van der Waals surface area contributed by atoms with Crippen molar-refractivity contribution in [1.82, 2.24) is 10.8 Å². The van der Waals surface area contributed by atoms with Crippen LogP contribution in [0, 0.1) is 18.8 Å². The number of carbonyl (C=O) groups excluding carboxylic acids is 2. The van der Waals surface area contributed by atoms with Crippen LogP contribution in [0.1, 0.15) is 39.9 Å². The molecule has 2 amide bonds. The van der Waals surface area contributed by atoms with Gasteiger partial charge in [-0.15, -0.1) is 0 Å². The number of hydrogen-bond donors (Lipinski definition) is 5. The van der Waals surface area contributed by atoms with E-state index in [0.29, 0.717) is 17.1 Å². The van der Waals surface area contributed by atoms with Crippen molar-refractivity contribution >= 4 is 11.8 Å². The van der Waals surface area contributed by atoms with E-state index >= 15 is 0 Å². The maximum atomic E-state index is 12.2. The van der Waals surface area contributed by atoms with Crippen LogP contribution in [0.2, 0.25) is 0 Å².